The second kappa shape index (κ2) is 11.7. The molecule has 8 aromatic carbocycles. The smallest absolute Gasteiger partial charge is 0.137 e. The number of thiophene rings is 1. The number of para-hydroxylation sites is 2. The Morgan fingerprint density at radius 2 is 0.940 bits per heavy atom. The van der Waals surface area contributed by atoms with Crippen LogP contribution in [-0.4, -0.2) is 0 Å². The summed E-state index contributed by atoms with van der Waals surface area (Å²) in [5, 5.41) is 7.17. The van der Waals surface area contributed by atoms with Crippen molar-refractivity contribution in [2.75, 3.05) is 9.80 Å². The lowest BCUT2D eigenvalue weighted by Crippen LogP contribution is -2.10. The van der Waals surface area contributed by atoms with Gasteiger partial charge in [0.15, 0.2) is 0 Å². The van der Waals surface area contributed by atoms with Gasteiger partial charge in [-0.25, -0.2) is 0 Å². The van der Waals surface area contributed by atoms with Gasteiger partial charge in [-0.2, -0.15) is 0 Å². The molecule has 3 nitrogen and oxygen atoms in total. The first-order valence-corrected chi connectivity index (χ1v) is 17.7. The van der Waals surface area contributed by atoms with Gasteiger partial charge >= 0.3 is 0 Å². The molecular formula is C46H30N2OS. The van der Waals surface area contributed by atoms with Gasteiger partial charge in [-0.3, -0.25) is 0 Å². The van der Waals surface area contributed by atoms with Gasteiger partial charge < -0.3 is 14.2 Å². The van der Waals surface area contributed by atoms with Crippen molar-refractivity contribution in [3.63, 3.8) is 0 Å². The fourth-order valence-electron chi connectivity index (χ4n) is 7.32. The van der Waals surface area contributed by atoms with E-state index in [-0.39, 0.29) is 0 Å². The molecule has 0 bridgehead atoms. The third kappa shape index (κ3) is 4.73. The second-order valence-electron chi connectivity index (χ2n) is 12.6. The van der Waals surface area contributed by atoms with Gasteiger partial charge in [0.1, 0.15) is 11.2 Å². The van der Waals surface area contributed by atoms with Gasteiger partial charge in [-0.15, -0.1) is 11.3 Å². The van der Waals surface area contributed by atoms with Crippen LogP contribution in [0, 0.1) is 0 Å². The number of furan rings is 1. The number of rotatable bonds is 6. The van der Waals surface area contributed by atoms with Crippen LogP contribution in [0.3, 0.4) is 0 Å². The molecule has 0 unspecified atom stereocenters. The number of hydrogen-bond donors (Lipinski definition) is 0. The maximum Gasteiger partial charge on any atom is 0.137 e. The van der Waals surface area contributed by atoms with E-state index in [0.29, 0.717) is 0 Å². The van der Waals surface area contributed by atoms with Crippen molar-refractivity contribution in [3.8, 4) is 0 Å². The lowest BCUT2D eigenvalue weighted by Gasteiger charge is -2.27. The van der Waals surface area contributed by atoms with Gasteiger partial charge in [0.05, 0.1) is 5.69 Å². The summed E-state index contributed by atoms with van der Waals surface area (Å²) in [6.07, 6.45) is 0. The predicted octanol–water partition coefficient (Wildman–Crippen LogP) is 14.0. The molecule has 236 valence electrons. The minimum Gasteiger partial charge on any atom is -0.456 e. The van der Waals surface area contributed by atoms with E-state index in [0.717, 1.165) is 56.1 Å². The fraction of sp³-hybridized carbons (Fsp3) is 0. The van der Waals surface area contributed by atoms with Crippen molar-refractivity contribution in [1.82, 2.24) is 0 Å². The van der Waals surface area contributed by atoms with Crippen LogP contribution in [0.5, 0.6) is 0 Å². The molecular weight excluding hydrogens is 629 g/mol. The predicted molar refractivity (Wildman–Crippen MR) is 213 cm³/mol. The van der Waals surface area contributed by atoms with Crippen LogP contribution in [0.2, 0.25) is 0 Å². The maximum absolute atomic E-state index is 6.62. The van der Waals surface area contributed by atoms with Crippen LogP contribution < -0.4 is 9.80 Å². The molecule has 4 heteroatoms. The number of benzene rings is 8. The van der Waals surface area contributed by atoms with Gasteiger partial charge in [0, 0.05) is 70.8 Å². The number of anilines is 6. The molecule has 0 fully saturated rings. The van der Waals surface area contributed by atoms with Gasteiger partial charge in [-0.05, 0) is 84.2 Å². The Kier molecular flexibility index (Phi) is 6.68. The Bertz CT molecular complexity index is 2790. The summed E-state index contributed by atoms with van der Waals surface area (Å²) in [4.78, 5) is 4.66. The molecule has 10 rings (SSSR count). The van der Waals surface area contributed by atoms with Crippen LogP contribution in [0.4, 0.5) is 34.1 Å². The van der Waals surface area contributed by atoms with Crippen LogP contribution >= 0.6 is 11.3 Å². The van der Waals surface area contributed by atoms with E-state index < -0.39 is 0 Å². The Morgan fingerprint density at radius 1 is 0.340 bits per heavy atom. The molecule has 0 aliphatic carbocycles. The molecule has 0 saturated carbocycles. The first-order chi connectivity index (χ1) is 24.8. The van der Waals surface area contributed by atoms with Crippen molar-refractivity contribution < 1.29 is 4.42 Å². The SMILES string of the molecule is c1ccc(N(c2ccccc2)c2ccc3oc4cc(N(c5ccc6c(c5)sc5ccccc56)c5cccc6ccccc56)ccc4c3c2)cc1. The highest BCUT2D eigenvalue weighted by molar-refractivity contribution is 7.25. The van der Waals surface area contributed by atoms with Crippen molar-refractivity contribution >= 4 is 98.3 Å². The molecule has 0 atom stereocenters. The van der Waals surface area contributed by atoms with Crippen molar-refractivity contribution in [3.05, 3.63) is 182 Å². The molecule has 2 aromatic heterocycles. The van der Waals surface area contributed by atoms with Crippen molar-refractivity contribution in [1.29, 1.82) is 0 Å². The molecule has 0 radical (unpaired) electrons. The second-order valence-corrected chi connectivity index (χ2v) is 13.7. The van der Waals surface area contributed by atoms with E-state index >= 15 is 0 Å². The summed E-state index contributed by atoms with van der Waals surface area (Å²) in [5.41, 5.74) is 8.30. The summed E-state index contributed by atoms with van der Waals surface area (Å²) in [6, 6.07) is 64.8. The standard InChI is InChI=1S/C46H30N2OS/c1-3-14-32(15-4-1)47(33-16-5-2-6-17-33)34-24-27-43-41(28-34)38-25-22-35(29-44(38)49-43)48(42-20-11-13-31-12-7-8-18-37(31)42)36-23-26-40-39-19-9-10-21-45(39)50-46(40)30-36/h1-30H. The Hall–Kier alpha value is -6.36. The first-order valence-electron chi connectivity index (χ1n) is 16.8. The zero-order valence-electron chi connectivity index (χ0n) is 27.0. The summed E-state index contributed by atoms with van der Waals surface area (Å²) < 4.78 is 9.19. The molecule has 0 N–H and O–H groups in total. The van der Waals surface area contributed by atoms with Crippen LogP contribution in [-0.2, 0) is 0 Å². The normalized spacial score (nSPS) is 11.6. The minimum atomic E-state index is 0.855. The van der Waals surface area contributed by atoms with Crippen molar-refractivity contribution in [2.45, 2.75) is 0 Å². The third-order valence-electron chi connectivity index (χ3n) is 9.61. The first kappa shape index (κ1) is 28.6. The average Bonchev–Trinajstić information content (AvgIpc) is 3.73. The Morgan fingerprint density at radius 3 is 1.74 bits per heavy atom. The highest BCUT2D eigenvalue weighted by atomic mass is 32.1. The maximum atomic E-state index is 6.62. The van der Waals surface area contributed by atoms with Crippen LogP contribution in [0.1, 0.15) is 0 Å². The zero-order valence-corrected chi connectivity index (χ0v) is 27.8. The molecule has 0 aliphatic heterocycles. The van der Waals surface area contributed by atoms with E-state index in [4.69, 9.17) is 4.42 Å². The number of hydrogen-bond acceptors (Lipinski definition) is 4. The summed E-state index contributed by atoms with van der Waals surface area (Å²) in [6.45, 7) is 0. The molecule has 0 amide bonds. The average molecular weight is 659 g/mol. The monoisotopic (exact) mass is 658 g/mol. The number of nitrogens with zero attached hydrogens (tertiary/aromatic N) is 2. The van der Waals surface area contributed by atoms with E-state index in [9.17, 15) is 0 Å². The zero-order chi connectivity index (χ0) is 33.0. The Labute approximate surface area is 293 Å². The largest absolute Gasteiger partial charge is 0.456 e. The van der Waals surface area contributed by atoms with E-state index in [2.05, 4.69) is 192 Å². The fourth-order valence-corrected chi connectivity index (χ4v) is 8.46. The molecule has 50 heavy (non-hydrogen) atoms. The summed E-state index contributed by atoms with van der Waals surface area (Å²) in [5.74, 6) is 0. The number of fused-ring (bicyclic) bond motifs is 7. The van der Waals surface area contributed by atoms with Crippen LogP contribution in [0.15, 0.2) is 186 Å². The molecule has 0 saturated heterocycles. The summed E-state index contributed by atoms with van der Waals surface area (Å²) in [7, 11) is 0. The molecule has 0 aliphatic rings. The van der Waals surface area contributed by atoms with Gasteiger partial charge in [0.25, 0.3) is 0 Å². The van der Waals surface area contributed by atoms with Gasteiger partial charge in [-0.1, -0.05) is 97.1 Å². The lowest BCUT2D eigenvalue weighted by molar-refractivity contribution is 0.669. The molecule has 0 spiro atoms. The highest BCUT2D eigenvalue weighted by Crippen LogP contribution is 2.45. The van der Waals surface area contributed by atoms with Crippen molar-refractivity contribution in [2.24, 2.45) is 0 Å². The lowest BCUT2D eigenvalue weighted by atomic mass is 10.1. The van der Waals surface area contributed by atoms with E-state index in [1.165, 1.54) is 30.9 Å². The highest BCUT2D eigenvalue weighted by Gasteiger charge is 2.20. The quantitative estimate of drug-likeness (QED) is 0.177. The molecule has 10 aromatic rings. The van der Waals surface area contributed by atoms with Crippen LogP contribution in [0.25, 0.3) is 52.9 Å². The Balaban J connectivity index is 1.14. The summed E-state index contributed by atoms with van der Waals surface area (Å²) >= 11 is 1.84. The van der Waals surface area contributed by atoms with E-state index in [1.807, 2.05) is 11.3 Å². The van der Waals surface area contributed by atoms with Gasteiger partial charge in [0.2, 0.25) is 0 Å². The minimum absolute atomic E-state index is 0.855. The van der Waals surface area contributed by atoms with E-state index in [1.54, 1.807) is 0 Å². The molecule has 2 heterocycles. The topological polar surface area (TPSA) is 19.6 Å². The third-order valence-corrected chi connectivity index (χ3v) is 10.7.